The molecule has 1 fully saturated rings. The molecule has 1 saturated heterocycles. The molecule has 28 heavy (non-hydrogen) atoms. The molecule has 3 aromatic carbocycles. The third kappa shape index (κ3) is 4.24. The Labute approximate surface area is 165 Å². The van der Waals surface area contributed by atoms with Crippen molar-refractivity contribution in [2.45, 2.75) is 5.92 Å². The van der Waals surface area contributed by atoms with Crippen molar-refractivity contribution >= 4 is 17.3 Å². The Bertz CT molecular complexity index is 849. The number of morpholine rings is 1. The van der Waals surface area contributed by atoms with Crippen molar-refractivity contribution in [2.24, 2.45) is 0 Å². The van der Waals surface area contributed by atoms with Gasteiger partial charge in [-0.25, -0.2) is 0 Å². The zero-order valence-electron chi connectivity index (χ0n) is 15.8. The van der Waals surface area contributed by atoms with Gasteiger partial charge in [0.25, 0.3) is 0 Å². The van der Waals surface area contributed by atoms with E-state index < -0.39 is 0 Å². The van der Waals surface area contributed by atoms with Crippen molar-refractivity contribution in [1.82, 2.24) is 0 Å². The highest BCUT2D eigenvalue weighted by molar-refractivity contribution is 5.98. The smallest absolute Gasteiger partial charge is 0.236 e. The summed E-state index contributed by atoms with van der Waals surface area (Å²) in [5.74, 6) is -0.377. The van der Waals surface area contributed by atoms with Gasteiger partial charge in [0.05, 0.1) is 19.1 Å². The molecule has 4 nitrogen and oxygen atoms in total. The van der Waals surface area contributed by atoms with E-state index in [-0.39, 0.29) is 11.8 Å². The molecule has 4 rings (SSSR count). The predicted octanol–water partition coefficient (Wildman–Crippen LogP) is 4.29. The van der Waals surface area contributed by atoms with Crippen molar-refractivity contribution < 1.29 is 9.53 Å². The summed E-state index contributed by atoms with van der Waals surface area (Å²) in [4.78, 5) is 15.5. The zero-order chi connectivity index (χ0) is 19.2. The maximum atomic E-state index is 13.2. The predicted molar refractivity (Wildman–Crippen MR) is 113 cm³/mol. The molecule has 0 atom stereocenters. The Balaban J connectivity index is 1.53. The summed E-state index contributed by atoms with van der Waals surface area (Å²) in [5.41, 5.74) is 3.93. The molecule has 1 N–H and O–H groups in total. The second-order valence-electron chi connectivity index (χ2n) is 6.89. The topological polar surface area (TPSA) is 41.6 Å². The normalized spacial score (nSPS) is 14.1. The summed E-state index contributed by atoms with van der Waals surface area (Å²) in [7, 11) is 0. The minimum absolute atomic E-state index is 0.0310. The monoisotopic (exact) mass is 372 g/mol. The van der Waals surface area contributed by atoms with Gasteiger partial charge in [-0.3, -0.25) is 4.79 Å². The molecule has 1 aliphatic rings. The van der Waals surface area contributed by atoms with Crippen LogP contribution >= 0.6 is 0 Å². The fraction of sp³-hybridized carbons (Fsp3) is 0.208. The Morgan fingerprint density at radius 1 is 0.786 bits per heavy atom. The van der Waals surface area contributed by atoms with Gasteiger partial charge in [-0.15, -0.1) is 0 Å². The fourth-order valence-electron chi connectivity index (χ4n) is 3.58. The average molecular weight is 372 g/mol. The van der Waals surface area contributed by atoms with Gasteiger partial charge in [0.2, 0.25) is 5.91 Å². The van der Waals surface area contributed by atoms with Crippen LogP contribution < -0.4 is 10.2 Å². The Morgan fingerprint density at radius 2 is 1.32 bits per heavy atom. The molecule has 1 heterocycles. The van der Waals surface area contributed by atoms with E-state index in [1.54, 1.807) is 0 Å². The molecule has 142 valence electrons. The van der Waals surface area contributed by atoms with Crippen molar-refractivity contribution in [1.29, 1.82) is 0 Å². The quantitative estimate of drug-likeness (QED) is 0.726. The van der Waals surface area contributed by atoms with Crippen LogP contribution in [0.5, 0.6) is 0 Å². The SMILES string of the molecule is O=C(Nc1ccc(N2CCOCC2)cc1)C(c1ccccc1)c1ccccc1. The number of amides is 1. The Kier molecular flexibility index (Phi) is 5.69. The number of ether oxygens (including phenoxy) is 1. The van der Waals surface area contributed by atoms with Crippen molar-refractivity contribution in [3.63, 3.8) is 0 Å². The molecule has 1 amide bonds. The lowest BCUT2D eigenvalue weighted by Gasteiger charge is -2.29. The molecule has 0 saturated carbocycles. The number of hydrogen-bond donors (Lipinski definition) is 1. The lowest BCUT2D eigenvalue weighted by atomic mass is 9.90. The first-order chi connectivity index (χ1) is 13.8. The van der Waals surface area contributed by atoms with E-state index in [9.17, 15) is 4.79 Å². The van der Waals surface area contributed by atoms with Crippen LogP contribution in [0, 0.1) is 0 Å². The number of nitrogens with one attached hydrogen (secondary N) is 1. The second kappa shape index (κ2) is 8.72. The molecule has 3 aromatic rings. The number of nitrogens with zero attached hydrogens (tertiary/aromatic N) is 1. The van der Waals surface area contributed by atoms with Crippen molar-refractivity contribution in [3.8, 4) is 0 Å². The number of hydrogen-bond acceptors (Lipinski definition) is 3. The standard InChI is InChI=1S/C24H24N2O2/c27-24(23(19-7-3-1-4-8-19)20-9-5-2-6-10-20)25-21-11-13-22(14-12-21)26-15-17-28-18-16-26/h1-14,23H,15-18H2,(H,25,27). The van der Waals surface area contributed by atoms with Gasteiger partial charge in [-0.2, -0.15) is 0 Å². The third-order valence-corrected chi connectivity index (χ3v) is 5.04. The van der Waals surface area contributed by atoms with Crippen LogP contribution in [0.15, 0.2) is 84.9 Å². The van der Waals surface area contributed by atoms with Gasteiger partial charge in [-0.05, 0) is 35.4 Å². The van der Waals surface area contributed by atoms with Crippen molar-refractivity contribution in [2.75, 3.05) is 36.5 Å². The van der Waals surface area contributed by atoms with Gasteiger partial charge in [0.1, 0.15) is 0 Å². The first-order valence-electron chi connectivity index (χ1n) is 9.65. The molecule has 0 radical (unpaired) electrons. The molecule has 0 bridgehead atoms. The van der Waals surface area contributed by atoms with Crippen LogP contribution in [-0.4, -0.2) is 32.2 Å². The van der Waals surface area contributed by atoms with E-state index in [0.717, 1.165) is 48.8 Å². The number of carbonyl (C=O) groups excluding carboxylic acids is 1. The molecule has 0 unspecified atom stereocenters. The summed E-state index contributed by atoms with van der Waals surface area (Å²) in [5, 5.41) is 3.09. The number of benzene rings is 3. The van der Waals surface area contributed by atoms with Crippen LogP contribution in [0.1, 0.15) is 17.0 Å². The molecule has 0 spiro atoms. The van der Waals surface area contributed by atoms with E-state index in [1.165, 1.54) is 0 Å². The zero-order valence-corrected chi connectivity index (χ0v) is 15.8. The highest BCUT2D eigenvalue weighted by Crippen LogP contribution is 2.27. The fourth-order valence-corrected chi connectivity index (χ4v) is 3.58. The van der Waals surface area contributed by atoms with Gasteiger partial charge in [0, 0.05) is 24.5 Å². The van der Waals surface area contributed by atoms with Gasteiger partial charge >= 0.3 is 0 Å². The van der Waals surface area contributed by atoms with Crippen LogP contribution in [0.2, 0.25) is 0 Å². The van der Waals surface area contributed by atoms with Crippen LogP contribution in [0.25, 0.3) is 0 Å². The lowest BCUT2D eigenvalue weighted by molar-refractivity contribution is -0.116. The maximum absolute atomic E-state index is 13.2. The van der Waals surface area contributed by atoms with Crippen LogP contribution in [0.3, 0.4) is 0 Å². The molecule has 0 aliphatic carbocycles. The molecule has 1 aliphatic heterocycles. The first kappa shape index (κ1) is 18.3. The largest absolute Gasteiger partial charge is 0.378 e. The number of carbonyl (C=O) groups is 1. The van der Waals surface area contributed by atoms with E-state index in [1.807, 2.05) is 72.8 Å². The summed E-state index contributed by atoms with van der Waals surface area (Å²) in [6.07, 6.45) is 0. The van der Waals surface area contributed by atoms with Crippen LogP contribution in [-0.2, 0) is 9.53 Å². The van der Waals surface area contributed by atoms with E-state index >= 15 is 0 Å². The van der Waals surface area contributed by atoms with E-state index in [4.69, 9.17) is 4.74 Å². The summed E-state index contributed by atoms with van der Waals surface area (Å²) >= 11 is 0. The highest BCUT2D eigenvalue weighted by Gasteiger charge is 2.22. The summed E-state index contributed by atoms with van der Waals surface area (Å²) in [6, 6.07) is 27.8. The van der Waals surface area contributed by atoms with Crippen LogP contribution in [0.4, 0.5) is 11.4 Å². The highest BCUT2D eigenvalue weighted by atomic mass is 16.5. The summed E-state index contributed by atoms with van der Waals surface area (Å²) in [6.45, 7) is 3.31. The van der Waals surface area contributed by atoms with Gasteiger partial charge in [0.15, 0.2) is 0 Å². The first-order valence-corrected chi connectivity index (χ1v) is 9.65. The molecular weight excluding hydrogens is 348 g/mol. The second-order valence-corrected chi connectivity index (χ2v) is 6.89. The molecule has 4 heteroatoms. The van der Waals surface area contributed by atoms with Gasteiger partial charge < -0.3 is 15.0 Å². The molecule has 0 aromatic heterocycles. The van der Waals surface area contributed by atoms with E-state index in [2.05, 4.69) is 22.3 Å². The lowest BCUT2D eigenvalue weighted by Crippen LogP contribution is -2.36. The number of anilines is 2. The Morgan fingerprint density at radius 3 is 1.86 bits per heavy atom. The molecular formula is C24H24N2O2. The third-order valence-electron chi connectivity index (χ3n) is 5.04. The minimum atomic E-state index is -0.346. The van der Waals surface area contributed by atoms with Crippen molar-refractivity contribution in [3.05, 3.63) is 96.1 Å². The number of rotatable bonds is 5. The van der Waals surface area contributed by atoms with E-state index in [0.29, 0.717) is 0 Å². The summed E-state index contributed by atoms with van der Waals surface area (Å²) < 4.78 is 5.41. The maximum Gasteiger partial charge on any atom is 0.236 e. The average Bonchev–Trinajstić information content (AvgIpc) is 2.77. The Hall–Kier alpha value is -3.11. The minimum Gasteiger partial charge on any atom is -0.378 e. The van der Waals surface area contributed by atoms with Gasteiger partial charge in [-0.1, -0.05) is 60.7 Å².